The van der Waals surface area contributed by atoms with Gasteiger partial charge in [-0.15, -0.1) is 0 Å². The first-order valence-corrected chi connectivity index (χ1v) is 9.73. The van der Waals surface area contributed by atoms with E-state index in [1.165, 1.54) is 0 Å². The summed E-state index contributed by atoms with van der Waals surface area (Å²) in [6.45, 7) is 3.15. The second kappa shape index (κ2) is 8.43. The molecule has 0 aliphatic carbocycles. The lowest BCUT2D eigenvalue weighted by Crippen LogP contribution is -2.51. The van der Waals surface area contributed by atoms with Crippen molar-refractivity contribution in [1.82, 2.24) is 9.80 Å². The third kappa shape index (κ3) is 4.29. The van der Waals surface area contributed by atoms with Crippen LogP contribution in [-0.2, 0) is 11.2 Å². The Morgan fingerprint density at radius 2 is 1.66 bits per heavy atom. The van der Waals surface area contributed by atoms with Gasteiger partial charge in [-0.2, -0.15) is 0 Å². The standard InChI is InChI=1S/C22H24N2O5/c1-27-18-4-2-3-17(15-18)22(26)24-9-7-23(8-10-24)21(25)14-16-5-6-19-20(13-16)29-12-11-28-19/h2-6,13,15H,7-12,14H2,1H3. The van der Waals surface area contributed by atoms with Crippen LogP contribution in [-0.4, -0.2) is 68.1 Å². The molecule has 2 aliphatic rings. The zero-order valence-electron chi connectivity index (χ0n) is 16.4. The largest absolute Gasteiger partial charge is 0.497 e. The Morgan fingerprint density at radius 3 is 2.41 bits per heavy atom. The minimum atomic E-state index is -0.0390. The average molecular weight is 396 g/mol. The molecule has 1 saturated heterocycles. The number of piperazine rings is 1. The van der Waals surface area contributed by atoms with Crippen LogP contribution in [0.25, 0.3) is 0 Å². The fraction of sp³-hybridized carbons (Fsp3) is 0.364. The Balaban J connectivity index is 1.33. The van der Waals surface area contributed by atoms with Gasteiger partial charge < -0.3 is 24.0 Å². The van der Waals surface area contributed by atoms with Gasteiger partial charge in [0.2, 0.25) is 5.91 Å². The van der Waals surface area contributed by atoms with Gasteiger partial charge in [0.15, 0.2) is 11.5 Å². The summed E-state index contributed by atoms with van der Waals surface area (Å²) >= 11 is 0. The van der Waals surface area contributed by atoms with Crippen LogP contribution in [0.15, 0.2) is 42.5 Å². The molecule has 0 aromatic heterocycles. The Labute approximate surface area is 169 Å². The topological polar surface area (TPSA) is 68.3 Å². The minimum Gasteiger partial charge on any atom is -0.497 e. The molecule has 2 heterocycles. The number of methoxy groups -OCH3 is 1. The summed E-state index contributed by atoms with van der Waals surface area (Å²) in [5.74, 6) is 2.08. The van der Waals surface area contributed by atoms with Gasteiger partial charge in [-0.05, 0) is 35.9 Å². The highest BCUT2D eigenvalue weighted by Gasteiger charge is 2.25. The van der Waals surface area contributed by atoms with Crippen molar-refractivity contribution >= 4 is 11.8 Å². The fourth-order valence-electron chi connectivity index (χ4n) is 3.58. The van der Waals surface area contributed by atoms with Gasteiger partial charge in [0.25, 0.3) is 5.91 Å². The molecule has 0 N–H and O–H groups in total. The molecule has 1 fully saturated rings. The number of benzene rings is 2. The van der Waals surface area contributed by atoms with Crippen molar-refractivity contribution in [2.45, 2.75) is 6.42 Å². The van der Waals surface area contributed by atoms with E-state index in [9.17, 15) is 9.59 Å². The molecule has 2 aliphatic heterocycles. The first kappa shape index (κ1) is 19.1. The number of hydrogen-bond donors (Lipinski definition) is 0. The maximum absolute atomic E-state index is 12.7. The van der Waals surface area contributed by atoms with Crippen LogP contribution in [0, 0.1) is 0 Å². The van der Waals surface area contributed by atoms with Crippen molar-refractivity contribution in [3.63, 3.8) is 0 Å². The molecule has 2 amide bonds. The summed E-state index contributed by atoms with van der Waals surface area (Å²) in [7, 11) is 1.58. The van der Waals surface area contributed by atoms with Gasteiger partial charge in [0.05, 0.1) is 13.5 Å². The lowest BCUT2D eigenvalue weighted by molar-refractivity contribution is -0.131. The Bertz CT molecular complexity index is 906. The third-order valence-electron chi connectivity index (χ3n) is 5.20. The van der Waals surface area contributed by atoms with Crippen LogP contribution in [0.3, 0.4) is 0 Å². The van der Waals surface area contributed by atoms with E-state index in [4.69, 9.17) is 14.2 Å². The Morgan fingerprint density at radius 1 is 0.931 bits per heavy atom. The zero-order valence-corrected chi connectivity index (χ0v) is 16.4. The van der Waals surface area contributed by atoms with Crippen molar-refractivity contribution in [2.75, 3.05) is 46.5 Å². The molecule has 29 heavy (non-hydrogen) atoms. The van der Waals surface area contributed by atoms with Gasteiger partial charge in [-0.3, -0.25) is 9.59 Å². The van der Waals surface area contributed by atoms with Gasteiger partial charge in [0.1, 0.15) is 19.0 Å². The zero-order chi connectivity index (χ0) is 20.2. The van der Waals surface area contributed by atoms with E-state index >= 15 is 0 Å². The van der Waals surface area contributed by atoms with Crippen LogP contribution in [0.5, 0.6) is 17.2 Å². The molecule has 0 radical (unpaired) electrons. The molecule has 7 nitrogen and oxygen atoms in total. The molecule has 0 saturated carbocycles. The molecule has 0 spiro atoms. The SMILES string of the molecule is COc1cccc(C(=O)N2CCN(C(=O)Cc3ccc4c(c3)OCCO4)CC2)c1. The molecule has 0 atom stereocenters. The van der Waals surface area contributed by atoms with E-state index in [0.29, 0.717) is 62.9 Å². The number of hydrogen-bond acceptors (Lipinski definition) is 5. The maximum Gasteiger partial charge on any atom is 0.254 e. The van der Waals surface area contributed by atoms with Crippen LogP contribution in [0.4, 0.5) is 0 Å². The smallest absolute Gasteiger partial charge is 0.254 e. The Kier molecular flexibility index (Phi) is 5.55. The van der Waals surface area contributed by atoms with Gasteiger partial charge in [0, 0.05) is 31.7 Å². The summed E-state index contributed by atoms with van der Waals surface area (Å²) < 4.78 is 16.3. The molecular weight excluding hydrogens is 372 g/mol. The molecule has 2 aromatic carbocycles. The second-order valence-electron chi connectivity index (χ2n) is 7.06. The number of amides is 2. The van der Waals surface area contributed by atoms with Crippen LogP contribution < -0.4 is 14.2 Å². The molecule has 2 aromatic rings. The first-order valence-electron chi connectivity index (χ1n) is 9.73. The second-order valence-corrected chi connectivity index (χ2v) is 7.06. The van der Waals surface area contributed by atoms with E-state index in [-0.39, 0.29) is 11.8 Å². The monoisotopic (exact) mass is 396 g/mol. The number of fused-ring (bicyclic) bond motifs is 1. The van der Waals surface area contributed by atoms with Crippen molar-refractivity contribution in [3.05, 3.63) is 53.6 Å². The van der Waals surface area contributed by atoms with Gasteiger partial charge in [-0.1, -0.05) is 12.1 Å². The van der Waals surface area contributed by atoms with Crippen LogP contribution in [0.1, 0.15) is 15.9 Å². The van der Waals surface area contributed by atoms with Gasteiger partial charge >= 0.3 is 0 Å². The summed E-state index contributed by atoms with van der Waals surface area (Å²) in [6, 6.07) is 12.8. The number of ether oxygens (including phenoxy) is 3. The number of carbonyl (C=O) groups excluding carboxylic acids is 2. The Hall–Kier alpha value is -3.22. The predicted octanol–water partition coefficient (Wildman–Crippen LogP) is 1.99. The van der Waals surface area contributed by atoms with Gasteiger partial charge in [-0.25, -0.2) is 0 Å². The van der Waals surface area contributed by atoms with Crippen molar-refractivity contribution < 1.29 is 23.8 Å². The number of rotatable bonds is 4. The number of nitrogens with zero attached hydrogens (tertiary/aromatic N) is 2. The highest BCUT2D eigenvalue weighted by molar-refractivity contribution is 5.94. The molecule has 4 rings (SSSR count). The normalized spacial score (nSPS) is 15.8. The van der Waals surface area contributed by atoms with E-state index in [1.54, 1.807) is 30.2 Å². The molecule has 152 valence electrons. The van der Waals surface area contributed by atoms with Crippen LogP contribution in [0.2, 0.25) is 0 Å². The highest BCUT2D eigenvalue weighted by atomic mass is 16.6. The maximum atomic E-state index is 12.7. The predicted molar refractivity (Wildman–Crippen MR) is 107 cm³/mol. The average Bonchev–Trinajstić information content (AvgIpc) is 2.78. The molecule has 0 bridgehead atoms. The quantitative estimate of drug-likeness (QED) is 0.791. The van der Waals surface area contributed by atoms with Crippen molar-refractivity contribution in [2.24, 2.45) is 0 Å². The lowest BCUT2D eigenvalue weighted by atomic mass is 10.1. The van der Waals surface area contributed by atoms with Crippen LogP contribution >= 0.6 is 0 Å². The third-order valence-corrected chi connectivity index (χ3v) is 5.20. The summed E-state index contributed by atoms with van der Waals surface area (Å²) in [5, 5.41) is 0. The summed E-state index contributed by atoms with van der Waals surface area (Å²) in [4.78, 5) is 29.0. The van der Waals surface area contributed by atoms with E-state index in [2.05, 4.69) is 0 Å². The fourth-order valence-corrected chi connectivity index (χ4v) is 3.58. The first-order chi connectivity index (χ1) is 14.1. The highest BCUT2D eigenvalue weighted by Crippen LogP contribution is 2.31. The molecule has 7 heteroatoms. The van der Waals surface area contributed by atoms with E-state index in [1.807, 2.05) is 29.2 Å². The molecular formula is C22H24N2O5. The number of carbonyl (C=O) groups is 2. The van der Waals surface area contributed by atoms with E-state index < -0.39 is 0 Å². The summed E-state index contributed by atoms with van der Waals surface area (Å²) in [5.41, 5.74) is 1.49. The minimum absolute atomic E-state index is 0.0390. The van der Waals surface area contributed by atoms with Crippen molar-refractivity contribution in [1.29, 1.82) is 0 Å². The van der Waals surface area contributed by atoms with Crippen molar-refractivity contribution in [3.8, 4) is 17.2 Å². The molecule has 0 unspecified atom stereocenters. The van der Waals surface area contributed by atoms with E-state index in [0.717, 1.165) is 11.3 Å². The lowest BCUT2D eigenvalue weighted by Gasteiger charge is -2.35. The summed E-state index contributed by atoms with van der Waals surface area (Å²) in [6.07, 6.45) is 0.306.